The molecule has 0 unspecified atom stereocenters. The van der Waals surface area contributed by atoms with Crippen LogP contribution in [0.3, 0.4) is 0 Å². The Hall–Kier alpha value is -5.53. The molecule has 0 saturated carbocycles. The van der Waals surface area contributed by atoms with Crippen molar-refractivity contribution in [2.45, 2.75) is 109 Å². The summed E-state index contributed by atoms with van der Waals surface area (Å²) in [5.74, 6) is 0. The predicted octanol–water partition coefficient (Wildman–Crippen LogP) is 13.7. The first-order chi connectivity index (χ1) is 29.7. The number of allylic oxidation sites excluding steroid dienone is 7. The second-order valence-corrected chi connectivity index (χ2v) is 18.9. The van der Waals surface area contributed by atoms with E-state index in [0.29, 0.717) is 0 Å². The lowest BCUT2D eigenvalue weighted by atomic mass is 9.79. The van der Waals surface area contributed by atoms with Crippen molar-refractivity contribution in [1.29, 1.82) is 0 Å². The van der Waals surface area contributed by atoms with Crippen LogP contribution in [0, 0.1) is 0 Å². The smallest absolute Gasteiger partial charge is 0.218 e. The third-order valence-electron chi connectivity index (χ3n) is 13.2. The molecular formula is C54H59N6S+. The van der Waals surface area contributed by atoms with Crippen LogP contribution in [0.2, 0.25) is 0 Å². The monoisotopic (exact) mass is 823 g/mol. The highest BCUT2D eigenvalue weighted by atomic mass is 32.2. The summed E-state index contributed by atoms with van der Waals surface area (Å²) >= 11 is 1.70. The second-order valence-electron chi connectivity index (χ2n) is 18.0. The Kier molecular flexibility index (Phi) is 11.4. The average Bonchev–Trinajstić information content (AvgIpc) is 4.00. The van der Waals surface area contributed by atoms with E-state index in [9.17, 15) is 0 Å². The molecule has 0 saturated heterocycles. The van der Waals surface area contributed by atoms with Gasteiger partial charge in [-0.3, -0.25) is 0 Å². The molecule has 3 heterocycles. The van der Waals surface area contributed by atoms with Gasteiger partial charge in [0, 0.05) is 52.4 Å². The van der Waals surface area contributed by atoms with Crippen LogP contribution >= 0.6 is 11.8 Å². The molecule has 61 heavy (non-hydrogen) atoms. The van der Waals surface area contributed by atoms with Crippen LogP contribution in [0.25, 0.3) is 27.2 Å². The van der Waals surface area contributed by atoms with Crippen LogP contribution in [0.1, 0.15) is 104 Å². The Morgan fingerprint density at radius 1 is 0.689 bits per heavy atom. The first-order valence-corrected chi connectivity index (χ1v) is 23.4. The first-order valence-electron chi connectivity index (χ1n) is 22.5. The van der Waals surface area contributed by atoms with Crippen molar-refractivity contribution in [2.75, 3.05) is 18.0 Å². The van der Waals surface area contributed by atoms with Crippen LogP contribution in [-0.4, -0.2) is 43.6 Å². The number of hydrogen-bond acceptors (Lipinski definition) is 5. The van der Waals surface area contributed by atoms with Crippen LogP contribution in [0.15, 0.2) is 154 Å². The van der Waals surface area contributed by atoms with Crippen molar-refractivity contribution in [3.8, 4) is 5.69 Å². The number of para-hydroxylation sites is 1. The maximum absolute atomic E-state index is 4.61. The lowest BCUT2D eigenvalue weighted by Crippen LogP contribution is -2.28. The van der Waals surface area contributed by atoms with Gasteiger partial charge in [0.05, 0.1) is 11.1 Å². The summed E-state index contributed by atoms with van der Waals surface area (Å²) in [5.41, 5.74) is 11.6. The predicted molar refractivity (Wildman–Crippen MR) is 257 cm³/mol. The maximum Gasteiger partial charge on any atom is 0.218 e. The van der Waals surface area contributed by atoms with Crippen molar-refractivity contribution in [2.24, 2.45) is 0 Å². The molecule has 3 aliphatic rings. The summed E-state index contributed by atoms with van der Waals surface area (Å²) in [5, 5.41) is 19.3. The quantitative estimate of drug-likeness (QED) is 0.0809. The molecule has 6 nitrogen and oxygen atoms in total. The fourth-order valence-electron chi connectivity index (χ4n) is 10.2. The van der Waals surface area contributed by atoms with Gasteiger partial charge < -0.3 is 4.90 Å². The zero-order valence-electron chi connectivity index (χ0n) is 36.8. The van der Waals surface area contributed by atoms with Crippen LogP contribution < -0.4 is 4.90 Å². The molecule has 0 N–H and O–H groups in total. The van der Waals surface area contributed by atoms with E-state index in [-0.39, 0.29) is 10.8 Å². The van der Waals surface area contributed by atoms with Gasteiger partial charge in [-0.2, -0.15) is 9.26 Å². The lowest BCUT2D eigenvalue weighted by molar-refractivity contribution is -0.438. The molecule has 0 radical (unpaired) electrons. The van der Waals surface area contributed by atoms with Crippen molar-refractivity contribution < 1.29 is 4.58 Å². The molecule has 1 aliphatic carbocycles. The Bertz CT molecular complexity index is 2760. The van der Waals surface area contributed by atoms with Crippen molar-refractivity contribution in [3.63, 3.8) is 0 Å². The second kappa shape index (κ2) is 17.1. The van der Waals surface area contributed by atoms with E-state index < -0.39 is 0 Å². The number of thioether (sulfide) groups is 1. The minimum absolute atomic E-state index is 0.166. The van der Waals surface area contributed by atoms with Crippen LogP contribution in [-0.2, 0) is 10.8 Å². The molecule has 0 bridgehead atoms. The largest absolute Gasteiger partial charge is 0.344 e. The average molecular weight is 824 g/mol. The number of tetrazole rings is 1. The number of aromatic nitrogens is 4. The maximum atomic E-state index is 4.61. The number of rotatable bonds is 14. The number of nitrogens with zero attached hydrogens (tertiary/aromatic N) is 6. The number of hydrogen-bond donors (Lipinski definition) is 0. The van der Waals surface area contributed by atoms with E-state index in [4.69, 9.17) is 0 Å². The molecule has 310 valence electrons. The van der Waals surface area contributed by atoms with Gasteiger partial charge in [0.1, 0.15) is 6.54 Å². The van der Waals surface area contributed by atoms with Gasteiger partial charge in [0.25, 0.3) is 0 Å². The number of anilines is 1. The summed E-state index contributed by atoms with van der Waals surface area (Å²) in [6.45, 7) is 16.3. The highest BCUT2D eigenvalue weighted by Crippen LogP contribution is 2.52. The highest BCUT2D eigenvalue weighted by molar-refractivity contribution is 8.03. The highest BCUT2D eigenvalue weighted by Gasteiger charge is 2.45. The third kappa shape index (κ3) is 7.49. The minimum atomic E-state index is -0.166. The molecule has 2 aliphatic heterocycles. The molecule has 0 amide bonds. The fourth-order valence-corrected chi connectivity index (χ4v) is 11.3. The van der Waals surface area contributed by atoms with Gasteiger partial charge in [-0.25, -0.2) is 0 Å². The van der Waals surface area contributed by atoms with Crippen molar-refractivity contribution in [3.05, 3.63) is 160 Å². The Morgan fingerprint density at radius 2 is 1.38 bits per heavy atom. The van der Waals surface area contributed by atoms with Gasteiger partial charge in [0.2, 0.25) is 10.8 Å². The van der Waals surface area contributed by atoms with Crippen LogP contribution in [0.4, 0.5) is 11.4 Å². The standard InChI is InChI=1S/C54H59N6S/c1-7-9-18-36-58-45-32-28-38-20-14-16-24-43(38)49(45)53(3,4)47(58)34-30-40-26-27-41(51(40)61-52-55-56-57-60(52)42-22-12-11-13-23-42)31-35-48-54(5,6)50-44-25-17-15-21-39(44)29-33-46(50)59(48)37-19-10-8-2/h11-17,20-25,28-35H,7-10,18-19,26-27,36-37H2,1-6H3/q+1. The van der Waals surface area contributed by atoms with Gasteiger partial charge in [-0.15, -0.1) is 5.10 Å². The SMILES string of the molecule is CCCCCN1/C(=C/C=C2\CCC(/C=C/C3=[N+](CCCCC)c4ccc5ccccc5c4C3(C)C)=C2Sc2nnnn2-c2ccccc2)C(C)(C)c2c1ccc1ccccc21. The molecule has 9 rings (SSSR count). The van der Waals surface area contributed by atoms with Crippen LogP contribution in [0.5, 0.6) is 0 Å². The number of fused-ring (bicyclic) bond motifs is 6. The Balaban J connectivity index is 1.16. The molecule has 1 aromatic heterocycles. The topological polar surface area (TPSA) is 49.9 Å². The third-order valence-corrected chi connectivity index (χ3v) is 14.4. The number of unbranched alkanes of at least 4 members (excludes halogenated alkanes) is 4. The molecular weight excluding hydrogens is 765 g/mol. The van der Waals surface area contributed by atoms with E-state index in [1.54, 1.807) is 11.8 Å². The van der Waals surface area contributed by atoms with Gasteiger partial charge in [0.15, 0.2) is 5.71 Å². The molecule has 0 fully saturated rings. The molecule has 7 heteroatoms. The van der Waals surface area contributed by atoms with E-state index in [2.05, 4.69) is 176 Å². The molecule has 6 aromatic rings. The van der Waals surface area contributed by atoms with Crippen molar-refractivity contribution in [1.82, 2.24) is 20.2 Å². The van der Waals surface area contributed by atoms with Gasteiger partial charge >= 0.3 is 0 Å². The zero-order valence-corrected chi connectivity index (χ0v) is 37.6. The minimum Gasteiger partial charge on any atom is -0.344 e. The van der Waals surface area contributed by atoms with Gasteiger partial charge in [-0.1, -0.05) is 132 Å². The van der Waals surface area contributed by atoms with E-state index in [1.165, 1.54) is 97.2 Å². The molecule has 0 atom stereocenters. The summed E-state index contributed by atoms with van der Waals surface area (Å²) in [4.78, 5) is 3.86. The van der Waals surface area contributed by atoms with E-state index in [1.807, 2.05) is 22.9 Å². The number of benzene rings is 5. The fraction of sp³-hybridized carbons (Fsp3) is 0.333. The van der Waals surface area contributed by atoms with Crippen molar-refractivity contribution >= 4 is 50.4 Å². The first kappa shape index (κ1) is 40.9. The van der Waals surface area contributed by atoms with E-state index in [0.717, 1.165) is 49.6 Å². The zero-order chi connectivity index (χ0) is 42.1. The van der Waals surface area contributed by atoms with E-state index >= 15 is 0 Å². The lowest BCUT2D eigenvalue weighted by Gasteiger charge is -2.27. The molecule has 0 spiro atoms. The molecule has 5 aromatic carbocycles. The summed E-state index contributed by atoms with van der Waals surface area (Å²) in [7, 11) is 0. The summed E-state index contributed by atoms with van der Waals surface area (Å²) in [6.07, 6.45) is 18.8. The van der Waals surface area contributed by atoms with Gasteiger partial charge in [-0.05, 0) is 130 Å². The Morgan fingerprint density at radius 3 is 2.13 bits per heavy atom. The summed E-state index contributed by atoms with van der Waals surface area (Å²) < 4.78 is 4.49. The summed E-state index contributed by atoms with van der Waals surface area (Å²) in [6, 6.07) is 37.3. The Labute approximate surface area is 366 Å². The normalized spacial score (nSPS) is 18.2.